The first kappa shape index (κ1) is 88.8. The van der Waals surface area contributed by atoms with Gasteiger partial charge in [0.2, 0.25) is 59.1 Å². The molecule has 1 aliphatic rings. The van der Waals surface area contributed by atoms with Crippen molar-refractivity contribution in [2.24, 2.45) is 66.8 Å². The quantitative estimate of drug-likeness (QED) is 0.0122. The summed E-state index contributed by atoms with van der Waals surface area (Å²) in [6.45, 7) is 3.23. The molecule has 1 aliphatic heterocycles. The number of carboxylic acids is 1. The molecule has 0 radical (unpaired) electrons. The number of unbranched alkanes of at least 4 members (excludes halogenated alkanes) is 1. The maximum atomic E-state index is 15.3. The van der Waals surface area contributed by atoms with Gasteiger partial charge < -0.3 is 124 Å². The lowest BCUT2D eigenvalue weighted by atomic mass is 10.00. The number of benzene rings is 4. The van der Waals surface area contributed by atoms with E-state index in [1.807, 2.05) is 42.5 Å². The number of carbonyl (C=O) groups is 11. The Morgan fingerprint density at radius 2 is 0.879 bits per heavy atom. The van der Waals surface area contributed by atoms with Crippen molar-refractivity contribution in [3.63, 3.8) is 0 Å². The maximum absolute atomic E-state index is 15.3. The molecule has 4 aromatic carbocycles. The fraction of sp³-hybridized carbons (Fsp3) is 0.443. The van der Waals surface area contributed by atoms with Crippen molar-refractivity contribution in [1.82, 2.24) is 67.7 Å². The molecule has 8 rings (SSSR count). The number of H-pyrrole nitrogens is 3. The second-order valence-electron chi connectivity index (χ2n) is 29.2. The summed E-state index contributed by atoms with van der Waals surface area (Å²) in [6.07, 6.45) is 6.08. The number of aliphatic carboxylic acids is 1. The minimum atomic E-state index is -1.52. The van der Waals surface area contributed by atoms with Crippen LogP contribution in [-0.2, 0) is 78.4 Å². The van der Waals surface area contributed by atoms with E-state index in [1.54, 1.807) is 74.9 Å². The van der Waals surface area contributed by atoms with Crippen molar-refractivity contribution in [2.45, 2.75) is 177 Å². The Hall–Kier alpha value is -12.8. The molecule has 7 aromatic rings. The van der Waals surface area contributed by atoms with E-state index in [1.165, 1.54) is 17.0 Å². The van der Waals surface area contributed by atoms with Gasteiger partial charge in [0, 0.05) is 96.7 Å². The zero-order valence-electron chi connectivity index (χ0n) is 65.2. The molecule has 0 bridgehead atoms. The topological polar surface area (TPSA) is 632 Å². The van der Waals surface area contributed by atoms with Crippen LogP contribution >= 0.6 is 0 Å². The Morgan fingerprint density at radius 1 is 0.474 bits per heavy atom. The van der Waals surface area contributed by atoms with E-state index >= 15 is 24.0 Å². The Labute approximate surface area is 670 Å². The molecular formula is C79H110N24O13. The fourth-order valence-electron chi connectivity index (χ4n) is 13.9. The minimum Gasteiger partial charge on any atom is -0.508 e. The van der Waals surface area contributed by atoms with Crippen LogP contribution in [0, 0.1) is 5.92 Å². The number of aromatic nitrogens is 3. The molecule has 10 amide bonds. The number of amides is 10. The number of nitrogens with two attached hydrogens (primary N) is 8. The van der Waals surface area contributed by atoms with Gasteiger partial charge in [0.25, 0.3) is 0 Å². The summed E-state index contributed by atoms with van der Waals surface area (Å²) >= 11 is 0. The molecule has 0 spiro atoms. The summed E-state index contributed by atoms with van der Waals surface area (Å²) in [6, 6.07) is 14.4. The lowest BCUT2D eigenvalue weighted by molar-refractivity contribution is -0.145. The van der Waals surface area contributed by atoms with E-state index in [0.29, 0.717) is 69.9 Å². The highest BCUT2D eigenvalue weighted by atomic mass is 16.4. The number of carbonyl (C=O) groups excluding carboxylic acids is 10. The number of para-hydroxylation sites is 3. The third-order valence-corrected chi connectivity index (χ3v) is 19.8. The van der Waals surface area contributed by atoms with Crippen molar-refractivity contribution >= 4 is 116 Å². The number of likely N-dealkylation sites (tertiary alicyclic amines) is 1. The van der Waals surface area contributed by atoms with Gasteiger partial charge in [-0.2, -0.15) is 0 Å². The van der Waals surface area contributed by atoms with Gasteiger partial charge in [-0.3, -0.25) is 62.9 Å². The van der Waals surface area contributed by atoms with Crippen LogP contribution < -0.4 is 93.7 Å². The van der Waals surface area contributed by atoms with E-state index in [9.17, 15) is 39.0 Å². The van der Waals surface area contributed by atoms with Crippen molar-refractivity contribution in [3.8, 4) is 5.75 Å². The molecule has 624 valence electrons. The standard InChI is InChI=1S/C79H110N24O13/c1-44(2)35-61(101-72(111)63(38-47-41-92-55-19-7-4-16-51(47)55)95-66(105)43-94-68(107)62(37-46-40-91-54-18-6-3-15-50(46)54)100-67(106)53(81)36-45-26-28-49(104)29-27-45)71(110)97-57(22-11-31-88-77(82)83)69(108)96-58(23-12-32-89-78(84)85)70(109)102-64(39-48-42-93-56-20-8-5-17-52(48)56)73(112)98-59(24-13-33-90-79(86)87)75(114)103-34-14-25-65(103)74(113)99-60(76(115)116)21-9-10-30-80/h3-8,15-20,26-29,40-42,44,53,57-65,91-93,104H,9-14,21-25,30-39,43,80-81H2,1-2H3,(H,94,107)(H,95,105)(H,96,108)(H,97,110)(H,98,112)(H,99,113)(H,100,106)(H,101,111)(H,102,109)(H,115,116)(H4,82,83,88)(H4,84,85,89)(H4,86,87,90)/t53-,57-,58-,59-,60-,61-,62+,63+,64+,65+/m0/s1. The fourth-order valence-corrected chi connectivity index (χ4v) is 13.9. The number of nitrogens with zero attached hydrogens (tertiary/aromatic N) is 4. The van der Waals surface area contributed by atoms with Crippen molar-refractivity contribution in [2.75, 3.05) is 39.3 Å². The van der Waals surface area contributed by atoms with E-state index in [2.05, 4.69) is 77.8 Å². The summed E-state index contributed by atoms with van der Waals surface area (Å²) in [5, 5.41) is 46.8. The average Bonchev–Trinajstić information content (AvgIpc) is 1.65. The van der Waals surface area contributed by atoms with Crippen LogP contribution in [0.1, 0.15) is 113 Å². The van der Waals surface area contributed by atoms with E-state index in [4.69, 9.17) is 45.9 Å². The summed E-state index contributed by atoms with van der Waals surface area (Å²) in [5.41, 5.74) is 50.8. The van der Waals surface area contributed by atoms with Gasteiger partial charge in [0.15, 0.2) is 17.9 Å². The molecule has 37 heteroatoms. The molecule has 0 aliphatic carbocycles. The second kappa shape index (κ2) is 44.0. The van der Waals surface area contributed by atoms with Crippen LogP contribution in [0.15, 0.2) is 131 Å². The number of aromatic hydroxyl groups is 1. The van der Waals surface area contributed by atoms with Gasteiger partial charge in [-0.1, -0.05) is 80.6 Å². The number of carboxylic acid groups (broad SMARTS) is 1. The zero-order valence-corrected chi connectivity index (χ0v) is 65.2. The summed E-state index contributed by atoms with van der Waals surface area (Å²) in [7, 11) is 0. The smallest absolute Gasteiger partial charge is 0.326 e. The SMILES string of the molecule is CC(C)C[C@H](NC(=O)[C@@H](Cc1c[nH]c2ccccc12)NC(=O)CNC(=O)[C@@H](Cc1c[nH]c2ccccc12)NC(=O)[C@@H](N)Cc1ccc(O)cc1)C(=O)N[C@@H](CCCN=C(N)N)C(=O)N[C@@H](CCCN=C(N)N)C(=O)N[C@H](Cc1c[nH]c2ccccc12)C(=O)N[C@@H](CCCN=C(N)N)C(=O)N1CCC[C@@H]1C(=O)N[C@@H](CCCCN)C(=O)O. The molecule has 3 aromatic heterocycles. The van der Waals surface area contributed by atoms with E-state index < -0.39 is 132 Å². The summed E-state index contributed by atoms with van der Waals surface area (Å²) in [5.74, 6) is -10.4. The lowest BCUT2D eigenvalue weighted by Gasteiger charge is -2.31. The first-order valence-corrected chi connectivity index (χ1v) is 38.8. The molecule has 116 heavy (non-hydrogen) atoms. The van der Waals surface area contributed by atoms with Crippen molar-refractivity contribution in [3.05, 3.63) is 138 Å². The van der Waals surface area contributed by atoms with Crippen LogP contribution in [0.2, 0.25) is 0 Å². The minimum absolute atomic E-state index is 0.0210. The number of phenols is 1. The number of nitrogens with one attached hydrogen (secondary N) is 12. The van der Waals surface area contributed by atoms with E-state index in [-0.39, 0.29) is 139 Å². The van der Waals surface area contributed by atoms with Gasteiger partial charge in [-0.05, 0) is 149 Å². The molecule has 0 saturated carbocycles. The highest BCUT2D eigenvalue weighted by Crippen LogP contribution is 2.25. The van der Waals surface area contributed by atoms with Crippen molar-refractivity contribution in [1.29, 1.82) is 0 Å². The largest absolute Gasteiger partial charge is 0.508 e. The Morgan fingerprint density at radius 3 is 1.34 bits per heavy atom. The molecule has 37 nitrogen and oxygen atoms in total. The van der Waals surface area contributed by atoms with Gasteiger partial charge in [0.1, 0.15) is 60.1 Å². The van der Waals surface area contributed by atoms with Gasteiger partial charge >= 0.3 is 5.97 Å². The number of rotatable bonds is 46. The Bertz CT molecular complexity index is 4620. The molecule has 1 saturated heterocycles. The highest BCUT2D eigenvalue weighted by molar-refractivity contribution is 6.00. The molecular weight excluding hydrogens is 1490 g/mol. The Balaban J connectivity index is 1.04. The average molecular weight is 1600 g/mol. The number of aliphatic imine (C=N–C) groups is 3. The lowest BCUT2D eigenvalue weighted by Crippen LogP contribution is -2.60. The third-order valence-electron chi connectivity index (χ3n) is 19.8. The van der Waals surface area contributed by atoms with Crippen LogP contribution in [0.3, 0.4) is 0 Å². The van der Waals surface area contributed by atoms with Crippen LogP contribution in [0.25, 0.3) is 32.7 Å². The molecule has 1 fully saturated rings. The zero-order chi connectivity index (χ0) is 84.0. The third kappa shape index (κ3) is 26.9. The highest BCUT2D eigenvalue weighted by Gasteiger charge is 2.41. The summed E-state index contributed by atoms with van der Waals surface area (Å²) < 4.78 is 0. The normalized spacial score (nSPS) is 14.9. The molecule has 0 unspecified atom stereocenters. The van der Waals surface area contributed by atoms with Crippen LogP contribution in [0.5, 0.6) is 5.75 Å². The van der Waals surface area contributed by atoms with Crippen LogP contribution in [-0.4, -0.2) is 213 Å². The number of aromatic amines is 3. The van der Waals surface area contributed by atoms with Crippen molar-refractivity contribution < 1.29 is 63.0 Å². The predicted octanol–water partition coefficient (Wildman–Crippen LogP) is -1.16. The molecule has 4 heterocycles. The predicted molar refractivity (Wildman–Crippen MR) is 439 cm³/mol. The number of hydrogen-bond acceptors (Lipinski definition) is 17. The second-order valence-corrected chi connectivity index (χ2v) is 29.2. The number of phenolic OH excluding ortho intramolecular Hbond substituents is 1. The Kier molecular flexibility index (Phi) is 33.7. The van der Waals surface area contributed by atoms with Gasteiger partial charge in [-0.25, -0.2) is 4.79 Å². The van der Waals surface area contributed by atoms with Gasteiger partial charge in [-0.15, -0.1) is 0 Å². The molecule has 30 N–H and O–H groups in total. The first-order chi connectivity index (χ1) is 55.5. The van der Waals surface area contributed by atoms with Crippen LogP contribution in [0.4, 0.5) is 0 Å². The van der Waals surface area contributed by atoms with Gasteiger partial charge in [0.05, 0.1) is 12.6 Å². The molecule has 10 atom stereocenters. The summed E-state index contributed by atoms with van der Waals surface area (Å²) in [4.78, 5) is 182. The first-order valence-electron chi connectivity index (χ1n) is 38.8. The number of fused-ring (bicyclic) bond motifs is 3. The monoisotopic (exact) mass is 1600 g/mol. The maximum Gasteiger partial charge on any atom is 0.326 e. The van der Waals surface area contributed by atoms with E-state index in [0.717, 1.165) is 10.9 Å². The number of hydrogen-bond donors (Lipinski definition) is 22. The number of guanidine groups is 3.